The van der Waals surface area contributed by atoms with E-state index in [1.54, 1.807) is 12.0 Å². The second-order valence-corrected chi connectivity index (χ2v) is 10.6. The van der Waals surface area contributed by atoms with E-state index in [0.29, 0.717) is 23.2 Å². The number of likely N-dealkylation sites (N-methyl/N-ethyl adjacent to an activating group) is 1. The van der Waals surface area contributed by atoms with Crippen molar-refractivity contribution in [2.75, 3.05) is 13.7 Å². The van der Waals surface area contributed by atoms with Gasteiger partial charge in [0.05, 0.1) is 26.6 Å². The molecule has 3 aromatic carbocycles. The number of ether oxygens (including phenoxy) is 2. The fourth-order valence-electron chi connectivity index (χ4n) is 3.55. The summed E-state index contributed by atoms with van der Waals surface area (Å²) in [7, 11) is 1.63. The van der Waals surface area contributed by atoms with Gasteiger partial charge in [-0.15, -0.1) is 0 Å². The number of aryl methyl sites for hydroxylation is 1. The van der Waals surface area contributed by atoms with Crippen LogP contribution in [0.15, 0.2) is 79.5 Å². The maximum Gasteiger partial charge on any atom is 0.266 e. The highest BCUT2D eigenvalue weighted by molar-refractivity contribution is 9.11. The van der Waals surface area contributed by atoms with E-state index in [1.807, 2.05) is 61.5 Å². The number of hydrogen-bond donors (Lipinski definition) is 0. The van der Waals surface area contributed by atoms with Crippen molar-refractivity contribution in [2.24, 2.45) is 4.99 Å². The lowest BCUT2D eigenvalue weighted by Crippen LogP contribution is -2.28. The lowest BCUT2D eigenvalue weighted by Gasteiger charge is -2.12. The molecular formula is C27H24Br2N2O3S. The minimum atomic E-state index is -0.0585. The molecule has 35 heavy (non-hydrogen) atoms. The zero-order valence-electron chi connectivity index (χ0n) is 19.5. The Balaban J connectivity index is 1.55. The van der Waals surface area contributed by atoms with Crippen molar-refractivity contribution in [1.82, 2.24) is 4.90 Å². The van der Waals surface area contributed by atoms with Crippen LogP contribution < -0.4 is 9.47 Å². The van der Waals surface area contributed by atoms with E-state index in [1.165, 1.54) is 17.3 Å². The molecule has 0 aliphatic carbocycles. The smallest absolute Gasteiger partial charge is 0.266 e. The van der Waals surface area contributed by atoms with Crippen molar-refractivity contribution in [3.63, 3.8) is 0 Å². The predicted molar refractivity (Wildman–Crippen MR) is 150 cm³/mol. The minimum Gasteiger partial charge on any atom is -0.497 e. The first kappa shape index (κ1) is 25.5. The standard InChI is InChI=1S/C27H24Br2N2O3S/c1-4-31-26(32)24(35-27(31)30-20-8-10-21(33-3)11-9-20)15-19-13-22(28)25(23(29)14-19)34-16-18-7-5-6-17(2)12-18/h5-15H,4,16H2,1-3H3/b24-15+,30-27?. The van der Waals surface area contributed by atoms with E-state index in [0.717, 1.165) is 37.3 Å². The molecule has 0 saturated carbocycles. The third kappa shape index (κ3) is 6.18. The fraction of sp³-hybridized carbons (Fsp3) is 0.185. The van der Waals surface area contributed by atoms with Crippen LogP contribution in [-0.2, 0) is 11.4 Å². The van der Waals surface area contributed by atoms with Gasteiger partial charge in [0.25, 0.3) is 5.91 Å². The predicted octanol–water partition coefficient (Wildman–Crippen LogP) is 7.73. The third-order valence-corrected chi connectivity index (χ3v) is 7.47. The van der Waals surface area contributed by atoms with E-state index >= 15 is 0 Å². The van der Waals surface area contributed by atoms with Gasteiger partial charge in [0.15, 0.2) is 5.17 Å². The summed E-state index contributed by atoms with van der Waals surface area (Å²) < 4.78 is 12.9. The number of aliphatic imine (C=N–C) groups is 1. The van der Waals surface area contributed by atoms with Crippen molar-refractivity contribution in [3.05, 3.63) is 91.2 Å². The van der Waals surface area contributed by atoms with Crippen LogP contribution in [0, 0.1) is 6.92 Å². The molecule has 1 heterocycles. The van der Waals surface area contributed by atoms with Crippen LogP contribution in [-0.4, -0.2) is 29.6 Å². The Bertz CT molecular complexity index is 1280. The Kier molecular flexibility index (Phi) is 8.36. The zero-order chi connectivity index (χ0) is 24.9. The number of halogens is 2. The maximum absolute atomic E-state index is 13.1. The van der Waals surface area contributed by atoms with Crippen molar-refractivity contribution >= 4 is 66.5 Å². The van der Waals surface area contributed by atoms with Gasteiger partial charge in [-0.05, 0) is 111 Å². The van der Waals surface area contributed by atoms with Crippen molar-refractivity contribution in [1.29, 1.82) is 0 Å². The molecule has 1 amide bonds. The molecule has 0 N–H and O–H groups in total. The van der Waals surface area contributed by atoms with Gasteiger partial charge in [-0.2, -0.15) is 0 Å². The molecule has 0 unspecified atom stereocenters. The number of nitrogens with zero attached hydrogens (tertiary/aromatic N) is 2. The molecule has 3 aromatic rings. The van der Waals surface area contributed by atoms with Crippen LogP contribution in [0.5, 0.6) is 11.5 Å². The first-order chi connectivity index (χ1) is 16.9. The molecule has 1 aliphatic rings. The molecule has 0 spiro atoms. The van der Waals surface area contributed by atoms with Gasteiger partial charge < -0.3 is 9.47 Å². The number of amidine groups is 1. The Hall–Kier alpha value is -2.55. The van der Waals surface area contributed by atoms with E-state index in [4.69, 9.17) is 9.47 Å². The summed E-state index contributed by atoms with van der Waals surface area (Å²) in [5, 5.41) is 0.658. The van der Waals surface area contributed by atoms with Crippen LogP contribution in [0.2, 0.25) is 0 Å². The van der Waals surface area contributed by atoms with Crippen molar-refractivity contribution < 1.29 is 14.3 Å². The number of methoxy groups -OCH3 is 1. The monoisotopic (exact) mass is 614 g/mol. The average molecular weight is 616 g/mol. The van der Waals surface area contributed by atoms with E-state index in [2.05, 4.69) is 55.9 Å². The van der Waals surface area contributed by atoms with Crippen LogP contribution in [0.1, 0.15) is 23.6 Å². The first-order valence-electron chi connectivity index (χ1n) is 11.0. The Morgan fingerprint density at radius 3 is 2.40 bits per heavy atom. The number of carbonyl (C=O) groups is 1. The third-order valence-electron chi connectivity index (χ3n) is 5.29. The SMILES string of the molecule is CCN1C(=O)/C(=C\c2cc(Br)c(OCc3cccc(C)c3)c(Br)c2)SC1=Nc1ccc(OC)cc1. The summed E-state index contributed by atoms with van der Waals surface area (Å²) in [6.45, 7) is 5.01. The summed E-state index contributed by atoms with van der Waals surface area (Å²) in [5.41, 5.74) is 3.94. The minimum absolute atomic E-state index is 0.0585. The molecule has 180 valence electrons. The maximum atomic E-state index is 13.1. The van der Waals surface area contributed by atoms with Gasteiger partial charge in [0.1, 0.15) is 18.1 Å². The highest BCUT2D eigenvalue weighted by Gasteiger charge is 2.32. The quantitative estimate of drug-likeness (QED) is 0.255. The second-order valence-electron chi connectivity index (χ2n) is 7.84. The van der Waals surface area contributed by atoms with E-state index in [9.17, 15) is 4.79 Å². The molecule has 4 rings (SSSR count). The largest absolute Gasteiger partial charge is 0.497 e. The molecule has 0 radical (unpaired) electrons. The molecule has 1 fully saturated rings. The molecule has 0 atom stereocenters. The molecule has 1 aliphatic heterocycles. The topological polar surface area (TPSA) is 51.1 Å². The zero-order valence-corrected chi connectivity index (χ0v) is 23.5. The van der Waals surface area contributed by atoms with Crippen LogP contribution in [0.3, 0.4) is 0 Å². The molecule has 1 saturated heterocycles. The van der Waals surface area contributed by atoms with Gasteiger partial charge in [-0.3, -0.25) is 9.69 Å². The molecule has 8 heteroatoms. The number of hydrogen-bond acceptors (Lipinski definition) is 5. The molecule has 0 aromatic heterocycles. The Labute approximate surface area is 226 Å². The number of thioether (sulfide) groups is 1. The number of carbonyl (C=O) groups excluding carboxylic acids is 1. The van der Waals surface area contributed by atoms with Gasteiger partial charge in [-0.1, -0.05) is 29.8 Å². The first-order valence-corrected chi connectivity index (χ1v) is 13.4. The van der Waals surface area contributed by atoms with E-state index in [-0.39, 0.29) is 5.91 Å². The van der Waals surface area contributed by atoms with Gasteiger partial charge in [-0.25, -0.2) is 4.99 Å². The lowest BCUT2D eigenvalue weighted by molar-refractivity contribution is -0.122. The average Bonchev–Trinajstić information content (AvgIpc) is 3.12. The Morgan fingerprint density at radius 2 is 1.77 bits per heavy atom. The van der Waals surface area contributed by atoms with Gasteiger partial charge >= 0.3 is 0 Å². The van der Waals surface area contributed by atoms with Crippen LogP contribution >= 0.6 is 43.6 Å². The van der Waals surface area contributed by atoms with Gasteiger partial charge in [0, 0.05) is 6.54 Å². The van der Waals surface area contributed by atoms with Crippen molar-refractivity contribution in [3.8, 4) is 11.5 Å². The summed E-state index contributed by atoms with van der Waals surface area (Å²) >= 11 is 8.62. The molecule has 5 nitrogen and oxygen atoms in total. The van der Waals surface area contributed by atoms with Crippen molar-refractivity contribution in [2.45, 2.75) is 20.5 Å². The van der Waals surface area contributed by atoms with Gasteiger partial charge in [0.2, 0.25) is 0 Å². The normalized spacial score (nSPS) is 15.8. The van der Waals surface area contributed by atoms with Crippen LogP contribution in [0.25, 0.3) is 6.08 Å². The van der Waals surface area contributed by atoms with Crippen LogP contribution in [0.4, 0.5) is 5.69 Å². The summed E-state index contributed by atoms with van der Waals surface area (Å²) in [6.07, 6.45) is 1.88. The number of benzene rings is 3. The van der Waals surface area contributed by atoms with E-state index < -0.39 is 0 Å². The summed E-state index contributed by atoms with van der Waals surface area (Å²) in [5.74, 6) is 1.42. The number of rotatable bonds is 7. The highest BCUT2D eigenvalue weighted by Crippen LogP contribution is 2.38. The summed E-state index contributed by atoms with van der Waals surface area (Å²) in [4.78, 5) is 20.0. The molecular weight excluding hydrogens is 592 g/mol. The fourth-order valence-corrected chi connectivity index (χ4v) is 6.06. The lowest BCUT2D eigenvalue weighted by atomic mass is 10.1. The summed E-state index contributed by atoms with van der Waals surface area (Å²) in [6, 6.07) is 19.6. The second kappa shape index (κ2) is 11.5. The number of amides is 1. The highest BCUT2D eigenvalue weighted by atomic mass is 79.9. The Morgan fingerprint density at radius 1 is 1.06 bits per heavy atom. The molecule has 0 bridgehead atoms.